The Labute approximate surface area is 229 Å². The van der Waals surface area contributed by atoms with Gasteiger partial charge in [-0.25, -0.2) is 0 Å². The van der Waals surface area contributed by atoms with Gasteiger partial charge in [-0.15, -0.1) is 0 Å². The van der Waals surface area contributed by atoms with Gasteiger partial charge in [-0.3, -0.25) is 9.59 Å². The van der Waals surface area contributed by atoms with Gasteiger partial charge in [0.2, 0.25) is 11.8 Å². The molecule has 37 heavy (non-hydrogen) atoms. The molecule has 0 fully saturated rings. The van der Waals surface area contributed by atoms with Crippen molar-refractivity contribution in [1.29, 1.82) is 0 Å². The zero-order valence-corrected chi connectivity index (χ0v) is 23.5. The number of hydrogen-bond acceptors (Lipinski definition) is 3. The summed E-state index contributed by atoms with van der Waals surface area (Å²) >= 11 is 3.53. The van der Waals surface area contributed by atoms with E-state index in [0.29, 0.717) is 32.4 Å². The van der Waals surface area contributed by atoms with Crippen molar-refractivity contribution < 1.29 is 14.3 Å². The number of halogens is 1. The van der Waals surface area contributed by atoms with Crippen molar-refractivity contribution in [3.8, 4) is 5.75 Å². The first kappa shape index (κ1) is 28.5. The molecule has 0 unspecified atom stereocenters. The van der Waals surface area contributed by atoms with Gasteiger partial charge < -0.3 is 15.0 Å². The summed E-state index contributed by atoms with van der Waals surface area (Å²) in [4.78, 5) is 28.9. The molecule has 0 radical (unpaired) electrons. The SMILES string of the molecule is CC[C@@H](C)NC(=O)[C@@H](Cc1ccccc1)N(Cc1cccc(Br)c1)C(=O)CCCOc1ccc(C)cc1. The van der Waals surface area contributed by atoms with Crippen molar-refractivity contribution >= 4 is 27.7 Å². The number of carbonyl (C=O) groups is 2. The van der Waals surface area contributed by atoms with E-state index in [1.807, 2.05) is 99.6 Å². The number of nitrogens with one attached hydrogen (secondary N) is 1. The molecule has 3 aromatic rings. The van der Waals surface area contributed by atoms with E-state index in [1.54, 1.807) is 4.90 Å². The number of carbonyl (C=O) groups excluding carboxylic acids is 2. The highest BCUT2D eigenvalue weighted by Gasteiger charge is 2.30. The zero-order chi connectivity index (χ0) is 26.6. The minimum absolute atomic E-state index is 0.0245. The van der Waals surface area contributed by atoms with Gasteiger partial charge in [0.15, 0.2) is 0 Å². The third kappa shape index (κ3) is 9.36. The summed E-state index contributed by atoms with van der Waals surface area (Å²) in [6, 6.07) is 25.0. The van der Waals surface area contributed by atoms with Crippen LogP contribution in [0.4, 0.5) is 0 Å². The van der Waals surface area contributed by atoms with Crippen molar-refractivity contribution in [2.45, 2.75) is 65.1 Å². The average Bonchev–Trinajstić information content (AvgIpc) is 2.90. The van der Waals surface area contributed by atoms with Gasteiger partial charge in [0.1, 0.15) is 11.8 Å². The quantitative estimate of drug-likeness (QED) is 0.242. The fraction of sp³-hybridized carbons (Fsp3) is 0.355. The molecule has 3 aromatic carbocycles. The summed E-state index contributed by atoms with van der Waals surface area (Å²) in [5, 5.41) is 3.11. The molecular formula is C31H37BrN2O3. The maximum Gasteiger partial charge on any atom is 0.243 e. The van der Waals surface area contributed by atoms with Gasteiger partial charge in [0.25, 0.3) is 0 Å². The Morgan fingerprint density at radius 2 is 1.68 bits per heavy atom. The summed E-state index contributed by atoms with van der Waals surface area (Å²) in [5.41, 5.74) is 3.15. The lowest BCUT2D eigenvalue weighted by Crippen LogP contribution is -2.52. The molecule has 6 heteroatoms. The van der Waals surface area contributed by atoms with Crippen molar-refractivity contribution in [2.75, 3.05) is 6.61 Å². The Kier molecular flexibility index (Phi) is 11.2. The van der Waals surface area contributed by atoms with Crippen LogP contribution in [0, 0.1) is 6.92 Å². The van der Waals surface area contributed by atoms with Crippen LogP contribution in [0.3, 0.4) is 0 Å². The number of rotatable bonds is 13. The van der Waals surface area contributed by atoms with Gasteiger partial charge >= 0.3 is 0 Å². The first-order valence-corrected chi connectivity index (χ1v) is 13.7. The first-order valence-electron chi connectivity index (χ1n) is 12.9. The van der Waals surface area contributed by atoms with E-state index in [4.69, 9.17) is 4.74 Å². The van der Waals surface area contributed by atoms with Gasteiger partial charge in [-0.05, 0) is 62.1 Å². The number of benzene rings is 3. The highest BCUT2D eigenvalue weighted by molar-refractivity contribution is 9.10. The highest BCUT2D eigenvalue weighted by Crippen LogP contribution is 2.19. The van der Waals surface area contributed by atoms with Crippen LogP contribution < -0.4 is 10.1 Å². The van der Waals surface area contributed by atoms with E-state index >= 15 is 0 Å². The van der Waals surface area contributed by atoms with Crippen LogP contribution in [-0.4, -0.2) is 35.4 Å². The van der Waals surface area contributed by atoms with Gasteiger partial charge in [0, 0.05) is 29.9 Å². The molecular weight excluding hydrogens is 528 g/mol. The summed E-state index contributed by atoms with van der Waals surface area (Å²) in [6.07, 6.45) is 2.12. The standard InChI is InChI=1S/C31H37BrN2O3/c1-4-24(3)33-31(36)29(21-25-10-6-5-7-11-25)34(22-26-12-8-13-27(32)20-26)30(35)14-9-19-37-28-17-15-23(2)16-18-28/h5-8,10-13,15-18,20,24,29H,4,9,14,19,21-22H2,1-3H3,(H,33,36)/t24-,29-/m1/s1. The molecule has 0 aliphatic carbocycles. The van der Waals surface area contributed by atoms with E-state index in [2.05, 4.69) is 21.2 Å². The lowest BCUT2D eigenvalue weighted by Gasteiger charge is -2.32. The molecule has 0 aliphatic rings. The van der Waals surface area contributed by atoms with E-state index in [0.717, 1.165) is 27.8 Å². The third-order valence-electron chi connectivity index (χ3n) is 6.34. The maximum atomic E-state index is 13.7. The second-order valence-corrected chi connectivity index (χ2v) is 10.4. The Balaban J connectivity index is 1.79. The minimum atomic E-state index is -0.624. The van der Waals surface area contributed by atoms with Gasteiger partial charge in [-0.1, -0.05) is 83.0 Å². The molecule has 2 atom stereocenters. The molecule has 196 valence electrons. The summed E-state index contributed by atoms with van der Waals surface area (Å²) < 4.78 is 6.78. The molecule has 2 amide bonds. The molecule has 3 rings (SSSR count). The predicted octanol–water partition coefficient (Wildman–Crippen LogP) is 6.47. The summed E-state index contributed by atoms with van der Waals surface area (Å²) in [5.74, 6) is 0.601. The van der Waals surface area contributed by atoms with Crippen molar-refractivity contribution in [2.24, 2.45) is 0 Å². The van der Waals surface area contributed by atoms with Crippen LogP contribution in [0.25, 0.3) is 0 Å². The summed E-state index contributed by atoms with van der Waals surface area (Å²) in [7, 11) is 0. The van der Waals surface area contributed by atoms with Crippen LogP contribution >= 0.6 is 15.9 Å². The predicted molar refractivity (Wildman–Crippen MR) is 152 cm³/mol. The van der Waals surface area contributed by atoms with E-state index in [-0.39, 0.29) is 17.9 Å². The Morgan fingerprint density at radius 3 is 2.35 bits per heavy atom. The van der Waals surface area contributed by atoms with Crippen LogP contribution in [0.15, 0.2) is 83.3 Å². The topological polar surface area (TPSA) is 58.6 Å². The number of amides is 2. The molecule has 0 aliphatic heterocycles. The van der Waals surface area contributed by atoms with Crippen LogP contribution in [0.2, 0.25) is 0 Å². The van der Waals surface area contributed by atoms with E-state index in [9.17, 15) is 9.59 Å². The maximum absolute atomic E-state index is 13.7. The Hall–Kier alpha value is -3.12. The fourth-order valence-corrected chi connectivity index (χ4v) is 4.47. The van der Waals surface area contributed by atoms with Gasteiger partial charge in [0.05, 0.1) is 6.61 Å². The summed E-state index contributed by atoms with van der Waals surface area (Å²) in [6.45, 7) is 6.84. The molecule has 0 heterocycles. The zero-order valence-electron chi connectivity index (χ0n) is 22.0. The highest BCUT2D eigenvalue weighted by atomic mass is 79.9. The number of aryl methyl sites for hydroxylation is 1. The third-order valence-corrected chi connectivity index (χ3v) is 6.83. The Morgan fingerprint density at radius 1 is 0.973 bits per heavy atom. The average molecular weight is 566 g/mol. The molecule has 5 nitrogen and oxygen atoms in total. The molecule has 0 spiro atoms. The van der Waals surface area contributed by atoms with E-state index in [1.165, 1.54) is 5.56 Å². The number of nitrogens with zero attached hydrogens (tertiary/aromatic N) is 1. The fourth-order valence-electron chi connectivity index (χ4n) is 4.02. The molecule has 0 aromatic heterocycles. The minimum Gasteiger partial charge on any atom is -0.494 e. The van der Waals surface area contributed by atoms with Crippen LogP contribution in [-0.2, 0) is 22.6 Å². The van der Waals surface area contributed by atoms with Crippen molar-refractivity contribution in [3.63, 3.8) is 0 Å². The smallest absolute Gasteiger partial charge is 0.243 e. The monoisotopic (exact) mass is 564 g/mol. The lowest BCUT2D eigenvalue weighted by molar-refractivity contribution is -0.141. The van der Waals surface area contributed by atoms with Gasteiger partial charge in [-0.2, -0.15) is 0 Å². The number of hydrogen-bond donors (Lipinski definition) is 1. The molecule has 1 N–H and O–H groups in total. The lowest BCUT2D eigenvalue weighted by atomic mass is 10.0. The normalized spacial score (nSPS) is 12.4. The molecule has 0 saturated carbocycles. The molecule has 0 bridgehead atoms. The van der Waals surface area contributed by atoms with Crippen LogP contribution in [0.5, 0.6) is 5.75 Å². The largest absolute Gasteiger partial charge is 0.494 e. The van der Waals surface area contributed by atoms with E-state index < -0.39 is 6.04 Å². The van der Waals surface area contributed by atoms with Crippen molar-refractivity contribution in [1.82, 2.24) is 10.2 Å². The van der Waals surface area contributed by atoms with Crippen LogP contribution in [0.1, 0.15) is 49.8 Å². The molecule has 0 saturated heterocycles. The number of ether oxygens (including phenoxy) is 1. The first-order chi connectivity index (χ1) is 17.9. The second kappa shape index (κ2) is 14.6. The second-order valence-electron chi connectivity index (χ2n) is 9.44. The Bertz CT molecular complexity index is 1130. The van der Waals surface area contributed by atoms with Crippen molar-refractivity contribution in [3.05, 3.63) is 100 Å².